The molecule has 0 saturated heterocycles. The third-order valence-electron chi connectivity index (χ3n) is 5.50. The topological polar surface area (TPSA) is 149 Å². The van der Waals surface area contributed by atoms with Gasteiger partial charge in [-0.05, 0) is 25.1 Å². The molecular weight excluding hydrogens is 469 g/mol. The van der Waals surface area contributed by atoms with Crippen LogP contribution in [0.25, 0.3) is 0 Å². The molecule has 0 amide bonds. The summed E-state index contributed by atoms with van der Waals surface area (Å²) in [6.45, 7) is 2.29. The first-order valence-corrected chi connectivity index (χ1v) is 11.8. The fourth-order valence-electron chi connectivity index (χ4n) is 3.77. The van der Waals surface area contributed by atoms with E-state index in [4.69, 9.17) is 8.60 Å². The van der Waals surface area contributed by atoms with Crippen LogP contribution in [0.3, 0.4) is 0 Å². The summed E-state index contributed by atoms with van der Waals surface area (Å²) in [7, 11) is -2.99. The van der Waals surface area contributed by atoms with Gasteiger partial charge in [-0.3, -0.25) is 8.98 Å². The molecule has 0 unspecified atom stereocenters. The minimum absolute atomic E-state index is 0.0615. The molecule has 11 nitrogen and oxygen atoms in total. The molecule has 0 aromatic carbocycles. The Labute approximate surface area is 195 Å². The Hall–Kier alpha value is -3.13. The van der Waals surface area contributed by atoms with Crippen LogP contribution >= 0.6 is 0 Å². The number of hydrogen-bond donors (Lipinski definition) is 3. The number of nitrogens with zero attached hydrogens (tertiary/aromatic N) is 3. The zero-order valence-corrected chi connectivity index (χ0v) is 19.2. The molecule has 3 N–H and O–H groups in total. The lowest BCUT2D eigenvalue weighted by atomic mass is 10.1. The number of aryl methyl sites for hydroxylation is 1. The van der Waals surface area contributed by atoms with Gasteiger partial charge >= 0.3 is 10.3 Å². The number of carbonyl (C=O) groups excluding carboxylic acids is 1. The Morgan fingerprint density at radius 1 is 1.38 bits per heavy atom. The summed E-state index contributed by atoms with van der Waals surface area (Å²) < 4.78 is 52.1. The van der Waals surface area contributed by atoms with Crippen molar-refractivity contribution in [3.05, 3.63) is 65.8 Å². The highest BCUT2D eigenvalue weighted by Gasteiger charge is 2.46. The summed E-state index contributed by atoms with van der Waals surface area (Å²) in [4.78, 5) is 21.1. The SMILES string of the molecule is CNS(=O)(=O)O[C@@H]1C[C@@H](Nc2ncncc2C(=O)c2ccn(Cc3ccc(C)o3)c2)[C@@H](F)[C@@H]1O. The molecule has 0 spiro atoms. The van der Waals surface area contributed by atoms with Crippen molar-refractivity contribution in [2.24, 2.45) is 0 Å². The Bertz CT molecular complexity index is 1280. The molecule has 3 aromatic rings. The van der Waals surface area contributed by atoms with Crippen LogP contribution < -0.4 is 10.0 Å². The van der Waals surface area contributed by atoms with Crippen LogP contribution in [-0.2, 0) is 21.0 Å². The molecule has 3 heterocycles. The maximum Gasteiger partial charge on any atom is 0.335 e. The lowest BCUT2D eigenvalue weighted by molar-refractivity contribution is 0.0248. The maximum absolute atomic E-state index is 14.7. The number of aliphatic hydroxyl groups excluding tert-OH is 1. The fraction of sp³-hybridized carbons (Fsp3) is 0.381. The fourth-order valence-corrected chi connectivity index (χ4v) is 4.39. The first-order valence-electron chi connectivity index (χ1n) is 10.4. The van der Waals surface area contributed by atoms with E-state index in [0.29, 0.717) is 12.1 Å². The Morgan fingerprint density at radius 3 is 2.88 bits per heavy atom. The molecule has 1 aliphatic rings. The summed E-state index contributed by atoms with van der Waals surface area (Å²) >= 11 is 0. The van der Waals surface area contributed by atoms with Crippen LogP contribution in [0.2, 0.25) is 0 Å². The molecule has 4 atom stereocenters. The third-order valence-corrected chi connectivity index (χ3v) is 6.50. The van der Waals surface area contributed by atoms with Gasteiger partial charge in [0.15, 0.2) is 5.78 Å². The number of alkyl halides is 1. The van der Waals surface area contributed by atoms with Crippen molar-refractivity contribution in [2.45, 2.75) is 44.3 Å². The van der Waals surface area contributed by atoms with Gasteiger partial charge in [-0.2, -0.15) is 13.1 Å². The van der Waals surface area contributed by atoms with E-state index >= 15 is 0 Å². The molecular formula is C21H24FN5O6S. The highest BCUT2D eigenvalue weighted by molar-refractivity contribution is 7.84. The number of hydrogen-bond acceptors (Lipinski definition) is 9. The average Bonchev–Trinajstić information content (AvgIpc) is 3.51. The molecule has 0 aliphatic heterocycles. The van der Waals surface area contributed by atoms with Gasteiger partial charge in [-0.1, -0.05) is 0 Å². The normalized spacial score (nSPS) is 22.7. The number of ketones is 1. The largest absolute Gasteiger partial charge is 0.464 e. The summed E-state index contributed by atoms with van der Waals surface area (Å²) in [5.74, 6) is 1.20. The Morgan fingerprint density at radius 2 is 2.18 bits per heavy atom. The van der Waals surface area contributed by atoms with E-state index in [9.17, 15) is 22.7 Å². The zero-order chi connectivity index (χ0) is 24.5. The number of carbonyl (C=O) groups is 1. The van der Waals surface area contributed by atoms with Crippen LogP contribution in [0.5, 0.6) is 0 Å². The molecule has 4 rings (SSSR count). The van der Waals surface area contributed by atoms with Crippen LogP contribution in [0, 0.1) is 6.92 Å². The standard InChI is InChI=1S/C21H24FN5O6S/c1-12-3-4-14(32-12)10-27-6-5-13(9-27)19(28)15-8-24-11-25-21(15)26-16-7-17(20(29)18(16)22)33-34(30,31)23-2/h3-6,8-9,11,16-18,20,23,29H,7,10H2,1-2H3,(H,24,25,26)/t16-,17-,18-,20-/m1/s1. The highest BCUT2D eigenvalue weighted by atomic mass is 32.2. The number of furan rings is 1. The molecule has 1 fully saturated rings. The molecule has 13 heteroatoms. The highest BCUT2D eigenvalue weighted by Crippen LogP contribution is 2.30. The van der Waals surface area contributed by atoms with E-state index in [0.717, 1.165) is 18.6 Å². The average molecular weight is 494 g/mol. The molecule has 0 bridgehead atoms. The minimum Gasteiger partial charge on any atom is -0.464 e. The minimum atomic E-state index is -4.13. The van der Waals surface area contributed by atoms with Gasteiger partial charge in [0.25, 0.3) is 0 Å². The smallest absolute Gasteiger partial charge is 0.335 e. The summed E-state index contributed by atoms with van der Waals surface area (Å²) in [6, 6.07) is 4.30. The van der Waals surface area contributed by atoms with Crippen LogP contribution in [-0.4, -0.2) is 65.3 Å². The predicted octanol–water partition coefficient (Wildman–Crippen LogP) is 1.19. The Balaban J connectivity index is 1.49. The van der Waals surface area contributed by atoms with Crippen molar-refractivity contribution in [3.63, 3.8) is 0 Å². The quantitative estimate of drug-likeness (QED) is 0.374. The molecule has 182 valence electrons. The monoisotopic (exact) mass is 493 g/mol. The number of halogens is 1. The van der Waals surface area contributed by atoms with Gasteiger partial charge in [0.1, 0.15) is 42.0 Å². The van der Waals surface area contributed by atoms with Gasteiger partial charge in [0, 0.05) is 37.6 Å². The number of anilines is 1. The van der Waals surface area contributed by atoms with Gasteiger partial charge in [-0.25, -0.2) is 14.4 Å². The van der Waals surface area contributed by atoms with E-state index in [2.05, 4.69) is 15.3 Å². The van der Waals surface area contributed by atoms with Crippen molar-refractivity contribution >= 4 is 21.9 Å². The van der Waals surface area contributed by atoms with Crippen molar-refractivity contribution in [3.8, 4) is 0 Å². The van der Waals surface area contributed by atoms with Gasteiger partial charge < -0.3 is 19.4 Å². The van der Waals surface area contributed by atoms with Crippen LogP contribution in [0.1, 0.15) is 33.9 Å². The van der Waals surface area contributed by atoms with Gasteiger partial charge in [0.2, 0.25) is 0 Å². The third kappa shape index (κ3) is 5.17. The van der Waals surface area contributed by atoms with Crippen molar-refractivity contribution in [1.82, 2.24) is 19.3 Å². The number of nitrogens with one attached hydrogen (secondary N) is 2. The van der Waals surface area contributed by atoms with Crippen LogP contribution in [0.15, 0.2) is 47.5 Å². The lowest BCUT2D eigenvalue weighted by Crippen LogP contribution is -2.35. The summed E-state index contributed by atoms with van der Waals surface area (Å²) in [5, 5.41) is 12.9. The number of aromatic nitrogens is 3. The van der Waals surface area contributed by atoms with E-state index in [1.54, 1.807) is 23.0 Å². The van der Waals surface area contributed by atoms with Crippen LogP contribution in [0.4, 0.5) is 10.2 Å². The molecule has 1 aliphatic carbocycles. The predicted molar refractivity (Wildman–Crippen MR) is 118 cm³/mol. The van der Waals surface area contributed by atoms with Crippen molar-refractivity contribution < 1.29 is 31.3 Å². The zero-order valence-electron chi connectivity index (χ0n) is 18.4. The van der Waals surface area contributed by atoms with E-state index < -0.39 is 40.5 Å². The second-order valence-electron chi connectivity index (χ2n) is 7.91. The number of rotatable bonds is 9. The molecule has 0 radical (unpaired) electrons. The summed E-state index contributed by atoms with van der Waals surface area (Å²) in [6.07, 6.45) is 0.890. The molecule has 3 aromatic heterocycles. The number of aliphatic hydroxyl groups is 1. The lowest BCUT2D eigenvalue weighted by Gasteiger charge is -2.17. The first-order chi connectivity index (χ1) is 16.2. The van der Waals surface area contributed by atoms with E-state index in [1.165, 1.54) is 12.5 Å². The second kappa shape index (κ2) is 9.62. The summed E-state index contributed by atoms with van der Waals surface area (Å²) in [5.41, 5.74) is 0.466. The Kier molecular flexibility index (Phi) is 6.79. The van der Waals surface area contributed by atoms with E-state index in [-0.39, 0.29) is 17.8 Å². The molecule has 1 saturated carbocycles. The van der Waals surface area contributed by atoms with Gasteiger partial charge in [0.05, 0.1) is 18.2 Å². The van der Waals surface area contributed by atoms with Gasteiger partial charge in [-0.15, -0.1) is 0 Å². The maximum atomic E-state index is 14.7. The van der Waals surface area contributed by atoms with E-state index in [1.807, 2.05) is 23.8 Å². The molecule has 34 heavy (non-hydrogen) atoms. The van der Waals surface area contributed by atoms with Crippen molar-refractivity contribution in [1.29, 1.82) is 0 Å². The second-order valence-corrected chi connectivity index (χ2v) is 9.42. The first kappa shape index (κ1) is 24.0. The van der Waals surface area contributed by atoms with Crippen molar-refractivity contribution in [2.75, 3.05) is 12.4 Å².